The number of ether oxygens (including phenoxy) is 1. The van der Waals surface area contributed by atoms with Crippen molar-refractivity contribution in [2.45, 2.75) is 26.9 Å². The number of furan rings is 1. The fourth-order valence-electron chi connectivity index (χ4n) is 3.40. The molecule has 0 aliphatic carbocycles. The van der Waals surface area contributed by atoms with Crippen LogP contribution in [-0.4, -0.2) is 32.7 Å². The van der Waals surface area contributed by atoms with Crippen LogP contribution in [0.5, 0.6) is 11.5 Å². The number of pyridine rings is 1. The van der Waals surface area contributed by atoms with E-state index in [1.165, 1.54) is 20.8 Å². The summed E-state index contributed by atoms with van der Waals surface area (Å²) in [5.74, 6) is -3.44. The number of nitro benzene ring substituents is 1. The number of aryl methyl sites for hydroxylation is 2. The van der Waals surface area contributed by atoms with E-state index in [0.717, 1.165) is 24.5 Å². The lowest BCUT2D eigenvalue weighted by atomic mass is 9.95. The molecule has 0 radical (unpaired) electrons. The van der Waals surface area contributed by atoms with Crippen molar-refractivity contribution in [3.05, 3.63) is 57.1 Å². The summed E-state index contributed by atoms with van der Waals surface area (Å²) < 4.78 is 51.8. The van der Waals surface area contributed by atoms with Gasteiger partial charge < -0.3 is 19.4 Å². The fourth-order valence-corrected chi connectivity index (χ4v) is 3.40. The van der Waals surface area contributed by atoms with E-state index in [4.69, 9.17) is 9.15 Å². The third-order valence-electron chi connectivity index (χ3n) is 4.71. The second-order valence-corrected chi connectivity index (χ2v) is 6.96. The number of benzene rings is 1. The Bertz CT molecular complexity index is 1270. The average Bonchev–Trinajstić information content (AvgIpc) is 3.13. The normalized spacial score (nSPS) is 11.5. The molecule has 3 aromatic rings. The monoisotopic (exact) mass is 466 g/mol. The van der Waals surface area contributed by atoms with E-state index >= 15 is 0 Å². The van der Waals surface area contributed by atoms with Crippen LogP contribution in [0.2, 0.25) is 0 Å². The van der Waals surface area contributed by atoms with Crippen molar-refractivity contribution in [1.82, 2.24) is 4.98 Å². The number of hydrogen-bond acceptors (Lipinski definition) is 8. The second kappa shape index (κ2) is 8.45. The molecule has 12 heteroatoms. The lowest BCUT2D eigenvalue weighted by Gasteiger charge is -2.15. The summed E-state index contributed by atoms with van der Waals surface area (Å²) in [4.78, 5) is 27.1. The van der Waals surface area contributed by atoms with E-state index in [1.54, 1.807) is 0 Å². The first kappa shape index (κ1) is 23.6. The van der Waals surface area contributed by atoms with Gasteiger partial charge in [-0.1, -0.05) is 0 Å². The molecule has 33 heavy (non-hydrogen) atoms. The van der Waals surface area contributed by atoms with Crippen LogP contribution < -0.4 is 0 Å². The molecule has 9 nitrogen and oxygen atoms in total. The van der Waals surface area contributed by atoms with Crippen molar-refractivity contribution >= 4 is 11.7 Å². The summed E-state index contributed by atoms with van der Waals surface area (Å²) in [6, 6.07) is 2.55. The Morgan fingerprint density at radius 3 is 2.48 bits per heavy atom. The van der Waals surface area contributed by atoms with Crippen LogP contribution in [0, 0.1) is 24.0 Å². The number of carbonyl (C=O) groups excluding carboxylic acids is 1. The Kier molecular flexibility index (Phi) is 6.03. The molecular weight excluding hydrogens is 449 g/mol. The van der Waals surface area contributed by atoms with Crippen LogP contribution in [0.3, 0.4) is 0 Å². The highest BCUT2D eigenvalue weighted by molar-refractivity contribution is 6.03. The minimum atomic E-state index is -4.82. The van der Waals surface area contributed by atoms with Gasteiger partial charge in [0, 0.05) is 23.0 Å². The van der Waals surface area contributed by atoms with Crippen LogP contribution in [0.4, 0.5) is 18.9 Å². The summed E-state index contributed by atoms with van der Waals surface area (Å²) in [6.45, 7) is 4.05. The molecule has 0 aliphatic rings. The molecule has 0 spiro atoms. The van der Waals surface area contributed by atoms with E-state index in [1.807, 2.05) is 0 Å². The summed E-state index contributed by atoms with van der Waals surface area (Å²) in [7, 11) is 0. The quantitative estimate of drug-likeness (QED) is 0.228. The first-order chi connectivity index (χ1) is 15.4. The Hall–Kier alpha value is -4.09. The number of phenolic OH excluding ortho intramolecular Hbond substituents is 2. The molecule has 0 amide bonds. The molecule has 0 saturated carbocycles. The molecule has 0 aliphatic heterocycles. The maximum absolute atomic E-state index is 13.8. The number of aromatic hydroxyl groups is 2. The maximum Gasteiger partial charge on any atom is 0.417 e. The van der Waals surface area contributed by atoms with Crippen LogP contribution >= 0.6 is 0 Å². The van der Waals surface area contributed by atoms with Gasteiger partial charge in [-0.2, -0.15) is 13.2 Å². The molecule has 0 bridgehead atoms. The lowest BCUT2D eigenvalue weighted by Crippen LogP contribution is -2.12. The Morgan fingerprint density at radius 2 is 1.91 bits per heavy atom. The summed E-state index contributed by atoms with van der Waals surface area (Å²) in [5.41, 5.74) is -3.27. The number of carbonyl (C=O) groups is 1. The van der Waals surface area contributed by atoms with Gasteiger partial charge in [-0.25, -0.2) is 4.79 Å². The van der Waals surface area contributed by atoms with Gasteiger partial charge >= 0.3 is 17.8 Å². The van der Waals surface area contributed by atoms with Gasteiger partial charge in [-0.3, -0.25) is 15.1 Å². The van der Waals surface area contributed by atoms with E-state index in [9.17, 15) is 38.3 Å². The van der Waals surface area contributed by atoms with E-state index in [-0.39, 0.29) is 29.1 Å². The average molecular weight is 466 g/mol. The Labute approximate surface area is 184 Å². The topological polar surface area (TPSA) is 136 Å². The van der Waals surface area contributed by atoms with Crippen molar-refractivity contribution in [3.63, 3.8) is 0 Å². The van der Waals surface area contributed by atoms with Gasteiger partial charge in [0.1, 0.15) is 5.56 Å². The predicted octanol–water partition coefficient (Wildman–Crippen LogP) is 5.14. The molecule has 1 aromatic carbocycles. The number of esters is 1. The molecule has 174 valence electrons. The fraction of sp³-hybridized carbons (Fsp3) is 0.238. The lowest BCUT2D eigenvalue weighted by molar-refractivity contribution is -0.385. The van der Waals surface area contributed by atoms with E-state index < -0.39 is 56.7 Å². The van der Waals surface area contributed by atoms with Crippen LogP contribution in [0.1, 0.15) is 34.2 Å². The molecule has 2 N–H and O–H groups in total. The van der Waals surface area contributed by atoms with Gasteiger partial charge in [0.2, 0.25) is 5.75 Å². The Morgan fingerprint density at radius 1 is 1.24 bits per heavy atom. The van der Waals surface area contributed by atoms with Crippen molar-refractivity contribution in [2.75, 3.05) is 6.61 Å². The van der Waals surface area contributed by atoms with E-state index in [2.05, 4.69) is 4.98 Å². The second-order valence-electron chi connectivity index (χ2n) is 6.96. The number of hydrogen-bond donors (Lipinski definition) is 2. The van der Waals surface area contributed by atoms with Crippen molar-refractivity contribution in [3.8, 4) is 33.9 Å². The largest absolute Gasteiger partial charge is 0.504 e. The number of alkyl halides is 3. The Balaban J connectivity index is 2.38. The van der Waals surface area contributed by atoms with Gasteiger partial charge in [0.05, 0.1) is 28.9 Å². The standard InChI is InChI=1S/C21H17F3N2O7/c1-4-32-20(29)17-12(11-6-14(26(30)31)18(28)15(27)7-11)8-33-19(17)16-10(3)25-9(2)5-13(16)21(22,23)24/h5-8,27-28H,4H2,1-3H3. The number of aromatic nitrogens is 1. The summed E-state index contributed by atoms with van der Waals surface area (Å²) in [5, 5.41) is 30.9. The smallest absolute Gasteiger partial charge is 0.417 e. The number of nitro groups is 1. The highest BCUT2D eigenvalue weighted by atomic mass is 19.4. The minimum Gasteiger partial charge on any atom is -0.504 e. The van der Waals surface area contributed by atoms with Crippen LogP contribution in [0.25, 0.3) is 22.5 Å². The van der Waals surface area contributed by atoms with Gasteiger partial charge in [0.25, 0.3) is 0 Å². The minimum absolute atomic E-state index is 0.0756. The molecular formula is C21H17F3N2O7. The summed E-state index contributed by atoms with van der Waals surface area (Å²) in [6.07, 6.45) is -3.90. The number of nitrogens with zero attached hydrogens (tertiary/aromatic N) is 2. The van der Waals surface area contributed by atoms with Crippen molar-refractivity contribution in [2.24, 2.45) is 0 Å². The molecule has 0 unspecified atom stereocenters. The zero-order chi connectivity index (χ0) is 24.7. The molecule has 0 saturated heterocycles. The zero-order valence-corrected chi connectivity index (χ0v) is 17.5. The maximum atomic E-state index is 13.8. The highest BCUT2D eigenvalue weighted by Crippen LogP contribution is 2.45. The van der Waals surface area contributed by atoms with Gasteiger partial charge in [-0.15, -0.1) is 0 Å². The van der Waals surface area contributed by atoms with E-state index in [0.29, 0.717) is 0 Å². The molecule has 2 heterocycles. The first-order valence-corrected chi connectivity index (χ1v) is 9.41. The third-order valence-corrected chi connectivity index (χ3v) is 4.71. The molecule has 0 fully saturated rings. The van der Waals surface area contributed by atoms with Gasteiger partial charge in [0.15, 0.2) is 11.5 Å². The predicted molar refractivity (Wildman–Crippen MR) is 108 cm³/mol. The van der Waals surface area contributed by atoms with Crippen molar-refractivity contribution < 1.29 is 42.3 Å². The highest BCUT2D eigenvalue weighted by Gasteiger charge is 2.38. The number of phenols is 2. The third kappa shape index (κ3) is 4.31. The molecule has 2 aromatic heterocycles. The number of rotatable bonds is 5. The summed E-state index contributed by atoms with van der Waals surface area (Å²) >= 11 is 0. The van der Waals surface area contributed by atoms with Crippen LogP contribution in [-0.2, 0) is 10.9 Å². The zero-order valence-electron chi connectivity index (χ0n) is 17.5. The van der Waals surface area contributed by atoms with Crippen LogP contribution in [0.15, 0.2) is 28.9 Å². The van der Waals surface area contributed by atoms with Crippen molar-refractivity contribution in [1.29, 1.82) is 0 Å². The molecule has 3 rings (SSSR count). The molecule has 0 atom stereocenters. The van der Waals surface area contributed by atoms with Gasteiger partial charge in [-0.05, 0) is 38.5 Å². The first-order valence-electron chi connectivity index (χ1n) is 9.41. The number of halogens is 3. The SMILES string of the molecule is CCOC(=O)c1c(-c2cc(O)c(O)c([N+](=O)[O-])c2)coc1-c1c(C(F)(F)F)cc(C)nc1C.